The van der Waals surface area contributed by atoms with Crippen molar-refractivity contribution in [3.05, 3.63) is 23.7 Å². The predicted molar refractivity (Wildman–Crippen MR) is 48.0 cm³/mol. The van der Waals surface area contributed by atoms with Gasteiger partial charge in [-0.2, -0.15) is 10.2 Å². The first-order valence-electron chi connectivity index (χ1n) is 4.10. The number of aryl methyl sites for hydroxylation is 2. The number of fused-ring (bicyclic) bond motifs is 1. The first-order valence-corrected chi connectivity index (χ1v) is 4.10. The Hall–Kier alpha value is -1.38. The number of aromatic nitrogens is 3. The molecular formula is C9H11N3. The topological polar surface area (TPSA) is 41.6 Å². The second-order valence-electron chi connectivity index (χ2n) is 2.90. The Morgan fingerprint density at radius 3 is 2.75 bits per heavy atom. The molecule has 2 aromatic rings. The molecule has 0 unspecified atom stereocenters. The van der Waals surface area contributed by atoms with Crippen molar-refractivity contribution in [2.75, 3.05) is 0 Å². The molecule has 0 amide bonds. The fraction of sp³-hybridized carbons (Fsp3) is 0.333. The van der Waals surface area contributed by atoms with Gasteiger partial charge in [-0.1, -0.05) is 6.92 Å². The van der Waals surface area contributed by atoms with Gasteiger partial charge >= 0.3 is 0 Å². The molecule has 0 aliphatic rings. The molecular weight excluding hydrogens is 150 g/mol. The number of hydrogen-bond acceptors (Lipinski definition) is 2. The smallest absolute Gasteiger partial charge is 0.0737 e. The van der Waals surface area contributed by atoms with E-state index in [2.05, 4.69) is 29.0 Å². The van der Waals surface area contributed by atoms with E-state index in [0.717, 1.165) is 11.9 Å². The van der Waals surface area contributed by atoms with Crippen LogP contribution in [-0.4, -0.2) is 15.2 Å². The van der Waals surface area contributed by atoms with Crippen molar-refractivity contribution >= 4 is 10.9 Å². The molecule has 0 saturated carbocycles. The maximum atomic E-state index is 3.85. The summed E-state index contributed by atoms with van der Waals surface area (Å²) in [6, 6.07) is 0. The van der Waals surface area contributed by atoms with Crippen molar-refractivity contribution in [2.45, 2.75) is 20.3 Å². The molecule has 3 nitrogen and oxygen atoms in total. The van der Waals surface area contributed by atoms with E-state index in [0.29, 0.717) is 0 Å². The Morgan fingerprint density at radius 1 is 1.33 bits per heavy atom. The zero-order valence-electron chi connectivity index (χ0n) is 7.26. The van der Waals surface area contributed by atoms with Crippen LogP contribution in [0.2, 0.25) is 0 Å². The Balaban J connectivity index is 2.78. The lowest BCUT2D eigenvalue weighted by Gasteiger charge is -1.90. The molecule has 0 aromatic carbocycles. The Kier molecular flexibility index (Phi) is 1.57. The van der Waals surface area contributed by atoms with Crippen LogP contribution in [0.25, 0.3) is 10.9 Å². The lowest BCUT2D eigenvalue weighted by atomic mass is 10.2. The molecule has 1 N–H and O–H groups in total. The van der Waals surface area contributed by atoms with Gasteiger partial charge in [0.2, 0.25) is 0 Å². The van der Waals surface area contributed by atoms with Crippen LogP contribution in [0.1, 0.15) is 18.2 Å². The molecule has 0 spiro atoms. The van der Waals surface area contributed by atoms with Crippen molar-refractivity contribution in [3.8, 4) is 0 Å². The van der Waals surface area contributed by atoms with Crippen LogP contribution in [0.3, 0.4) is 0 Å². The van der Waals surface area contributed by atoms with E-state index < -0.39 is 0 Å². The first-order chi connectivity index (χ1) is 5.83. The second kappa shape index (κ2) is 2.59. The Labute approximate surface area is 70.8 Å². The Bertz CT molecular complexity index is 403. The van der Waals surface area contributed by atoms with Crippen molar-refractivity contribution in [1.29, 1.82) is 0 Å². The minimum atomic E-state index is 1.03. The lowest BCUT2D eigenvalue weighted by Crippen LogP contribution is -1.80. The summed E-state index contributed by atoms with van der Waals surface area (Å²) in [6.45, 7) is 4.25. The van der Waals surface area contributed by atoms with E-state index in [1.165, 1.54) is 16.6 Å². The molecule has 62 valence electrons. The second-order valence-corrected chi connectivity index (χ2v) is 2.90. The summed E-state index contributed by atoms with van der Waals surface area (Å²) in [7, 11) is 0. The summed E-state index contributed by atoms with van der Waals surface area (Å²) in [5, 5.41) is 8.85. The van der Waals surface area contributed by atoms with Gasteiger partial charge in [0.25, 0.3) is 0 Å². The largest absolute Gasteiger partial charge is 0.357 e. The molecule has 12 heavy (non-hydrogen) atoms. The van der Waals surface area contributed by atoms with E-state index in [9.17, 15) is 0 Å². The van der Waals surface area contributed by atoms with Gasteiger partial charge in [0.15, 0.2) is 0 Å². The summed E-state index contributed by atoms with van der Waals surface area (Å²) in [6.07, 6.45) is 4.60. The summed E-state index contributed by atoms with van der Waals surface area (Å²) in [4.78, 5) is 3.31. The van der Waals surface area contributed by atoms with Crippen LogP contribution < -0.4 is 0 Å². The van der Waals surface area contributed by atoms with E-state index in [1.54, 1.807) is 12.4 Å². The van der Waals surface area contributed by atoms with Crippen molar-refractivity contribution < 1.29 is 0 Å². The van der Waals surface area contributed by atoms with Gasteiger partial charge in [-0.15, -0.1) is 0 Å². The SMILES string of the molecule is CCc1[nH]c2cnncc2c1C. The standard InChI is InChI=1S/C9H11N3/c1-3-8-6(2)7-4-10-11-5-9(7)12-8/h4-5,12H,3H2,1-2H3. The summed E-state index contributed by atoms with van der Waals surface area (Å²) in [5.74, 6) is 0. The predicted octanol–water partition coefficient (Wildman–Crippen LogP) is 1.83. The lowest BCUT2D eigenvalue weighted by molar-refractivity contribution is 1.04. The average molecular weight is 161 g/mol. The molecule has 0 fully saturated rings. The molecule has 0 bridgehead atoms. The maximum absolute atomic E-state index is 3.85. The van der Waals surface area contributed by atoms with Crippen LogP contribution >= 0.6 is 0 Å². The number of hydrogen-bond donors (Lipinski definition) is 1. The van der Waals surface area contributed by atoms with E-state index >= 15 is 0 Å². The molecule has 2 rings (SSSR count). The zero-order chi connectivity index (χ0) is 8.55. The highest BCUT2D eigenvalue weighted by molar-refractivity contribution is 5.82. The number of aromatic amines is 1. The third-order valence-corrected chi connectivity index (χ3v) is 2.23. The highest BCUT2D eigenvalue weighted by Gasteiger charge is 2.04. The monoisotopic (exact) mass is 161 g/mol. The number of H-pyrrole nitrogens is 1. The van der Waals surface area contributed by atoms with Crippen molar-refractivity contribution in [3.63, 3.8) is 0 Å². The highest BCUT2D eigenvalue weighted by Crippen LogP contribution is 2.19. The van der Waals surface area contributed by atoms with Gasteiger partial charge in [-0.3, -0.25) is 0 Å². The van der Waals surface area contributed by atoms with Gasteiger partial charge in [-0.05, 0) is 18.9 Å². The minimum Gasteiger partial charge on any atom is -0.357 e. The minimum absolute atomic E-state index is 1.03. The normalized spacial score (nSPS) is 10.8. The van der Waals surface area contributed by atoms with Crippen LogP contribution in [0.4, 0.5) is 0 Å². The van der Waals surface area contributed by atoms with Gasteiger partial charge < -0.3 is 4.98 Å². The third kappa shape index (κ3) is 0.897. The van der Waals surface area contributed by atoms with Gasteiger partial charge in [-0.25, -0.2) is 0 Å². The van der Waals surface area contributed by atoms with E-state index in [-0.39, 0.29) is 0 Å². The molecule has 0 aliphatic carbocycles. The van der Waals surface area contributed by atoms with Crippen molar-refractivity contribution in [2.24, 2.45) is 0 Å². The molecule has 0 atom stereocenters. The van der Waals surface area contributed by atoms with E-state index in [1.807, 2.05) is 0 Å². The van der Waals surface area contributed by atoms with Crippen molar-refractivity contribution in [1.82, 2.24) is 15.2 Å². The zero-order valence-corrected chi connectivity index (χ0v) is 7.26. The number of nitrogens with zero attached hydrogens (tertiary/aromatic N) is 2. The summed E-state index contributed by atoms with van der Waals surface area (Å²) in [5.41, 5.74) is 3.65. The number of nitrogens with one attached hydrogen (secondary N) is 1. The third-order valence-electron chi connectivity index (χ3n) is 2.23. The number of rotatable bonds is 1. The Morgan fingerprint density at radius 2 is 2.08 bits per heavy atom. The van der Waals surface area contributed by atoms with Crippen LogP contribution in [0.5, 0.6) is 0 Å². The van der Waals surface area contributed by atoms with E-state index in [4.69, 9.17) is 0 Å². The molecule has 3 heteroatoms. The summed E-state index contributed by atoms with van der Waals surface area (Å²) >= 11 is 0. The fourth-order valence-electron chi connectivity index (χ4n) is 1.49. The molecule has 2 aromatic heterocycles. The quantitative estimate of drug-likeness (QED) is 0.693. The van der Waals surface area contributed by atoms with Gasteiger partial charge in [0.1, 0.15) is 0 Å². The van der Waals surface area contributed by atoms with Crippen LogP contribution in [0.15, 0.2) is 12.4 Å². The van der Waals surface area contributed by atoms with Gasteiger partial charge in [0, 0.05) is 11.1 Å². The first kappa shape index (κ1) is 7.28. The maximum Gasteiger partial charge on any atom is 0.0737 e. The molecule has 0 aliphatic heterocycles. The summed E-state index contributed by atoms with van der Waals surface area (Å²) < 4.78 is 0. The molecule has 0 saturated heterocycles. The highest BCUT2D eigenvalue weighted by atomic mass is 15.1. The fourth-order valence-corrected chi connectivity index (χ4v) is 1.49. The molecule has 2 heterocycles. The molecule has 0 radical (unpaired) electrons. The van der Waals surface area contributed by atoms with Crippen LogP contribution in [0, 0.1) is 6.92 Å². The average Bonchev–Trinajstić information content (AvgIpc) is 2.44. The van der Waals surface area contributed by atoms with Gasteiger partial charge in [0.05, 0.1) is 17.9 Å². The van der Waals surface area contributed by atoms with Crippen LogP contribution in [-0.2, 0) is 6.42 Å².